The van der Waals surface area contributed by atoms with Gasteiger partial charge in [0.25, 0.3) is 5.91 Å². The Morgan fingerprint density at radius 1 is 1.31 bits per heavy atom. The third-order valence-electron chi connectivity index (χ3n) is 4.35. The van der Waals surface area contributed by atoms with Gasteiger partial charge < -0.3 is 15.0 Å². The van der Waals surface area contributed by atoms with Gasteiger partial charge in [-0.2, -0.15) is 0 Å². The largest absolute Gasteiger partial charge is 0.452 e. The first-order valence-corrected chi connectivity index (χ1v) is 10.2. The average Bonchev–Trinajstić information content (AvgIpc) is 2.62. The lowest BCUT2D eigenvalue weighted by Gasteiger charge is -2.31. The monoisotopic (exact) mass is 394 g/mol. The molecule has 5 nitrogen and oxygen atoms in total. The lowest BCUT2D eigenvalue weighted by atomic mass is 10.00. The highest BCUT2D eigenvalue weighted by molar-refractivity contribution is 8.23. The maximum atomic E-state index is 12.1. The van der Waals surface area contributed by atoms with Crippen LogP contribution in [0.3, 0.4) is 0 Å². The summed E-state index contributed by atoms with van der Waals surface area (Å²) in [5.41, 5.74) is 1.79. The van der Waals surface area contributed by atoms with Crippen molar-refractivity contribution in [3.8, 4) is 0 Å². The van der Waals surface area contributed by atoms with Gasteiger partial charge in [0, 0.05) is 18.8 Å². The maximum absolute atomic E-state index is 12.1. The van der Waals surface area contributed by atoms with E-state index in [1.165, 1.54) is 11.8 Å². The Morgan fingerprint density at radius 2 is 1.92 bits per heavy atom. The van der Waals surface area contributed by atoms with E-state index in [-0.39, 0.29) is 11.7 Å². The normalized spacial score (nSPS) is 16.0. The summed E-state index contributed by atoms with van der Waals surface area (Å²) in [7, 11) is 0. The van der Waals surface area contributed by atoms with Crippen molar-refractivity contribution in [1.29, 1.82) is 0 Å². The molecule has 1 aromatic rings. The van der Waals surface area contributed by atoms with Gasteiger partial charge >= 0.3 is 5.97 Å². The smallest absolute Gasteiger partial charge is 0.317 e. The molecule has 142 valence electrons. The molecule has 0 radical (unpaired) electrons. The molecule has 1 N–H and O–H groups in total. The number of anilines is 1. The zero-order valence-electron chi connectivity index (χ0n) is 15.5. The van der Waals surface area contributed by atoms with Crippen LogP contribution in [0.5, 0.6) is 0 Å². The number of hydrogen-bond donors (Lipinski definition) is 1. The standard InChI is InChI=1S/C19H26N2O3S2/c1-13-4-6-16(7-5-13)20-18(23)15(3)24-17(22)12-26-19(25)21-10-8-14(2)9-11-21/h4-7,14-15H,8-12H2,1-3H3,(H,20,23)/t15-/m0/s1. The molecule has 1 atom stereocenters. The van der Waals surface area contributed by atoms with Crippen molar-refractivity contribution in [3.63, 3.8) is 0 Å². The summed E-state index contributed by atoms with van der Waals surface area (Å²) >= 11 is 6.70. The molecule has 1 heterocycles. The molecule has 1 aliphatic rings. The van der Waals surface area contributed by atoms with Gasteiger partial charge in [-0.25, -0.2) is 0 Å². The van der Waals surface area contributed by atoms with Crippen LogP contribution in [0.2, 0.25) is 0 Å². The van der Waals surface area contributed by atoms with Crippen LogP contribution in [0, 0.1) is 12.8 Å². The molecular weight excluding hydrogens is 368 g/mol. The van der Waals surface area contributed by atoms with E-state index < -0.39 is 12.1 Å². The van der Waals surface area contributed by atoms with E-state index in [0.29, 0.717) is 5.69 Å². The zero-order valence-corrected chi connectivity index (χ0v) is 17.1. The molecule has 0 aliphatic carbocycles. The van der Waals surface area contributed by atoms with Crippen molar-refractivity contribution in [2.45, 2.75) is 39.7 Å². The number of benzene rings is 1. The highest BCUT2D eigenvalue weighted by Crippen LogP contribution is 2.20. The predicted molar refractivity (Wildman–Crippen MR) is 110 cm³/mol. The molecule has 1 fully saturated rings. The quantitative estimate of drug-likeness (QED) is 0.608. The van der Waals surface area contributed by atoms with E-state index in [1.807, 2.05) is 31.2 Å². The minimum absolute atomic E-state index is 0.118. The van der Waals surface area contributed by atoms with Crippen LogP contribution >= 0.6 is 24.0 Å². The molecule has 26 heavy (non-hydrogen) atoms. The average molecular weight is 395 g/mol. The second-order valence-electron chi connectivity index (χ2n) is 6.71. The van der Waals surface area contributed by atoms with Gasteiger partial charge in [0.2, 0.25) is 0 Å². The molecule has 0 aromatic heterocycles. The molecule has 2 rings (SSSR count). The Morgan fingerprint density at radius 3 is 2.54 bits per heavy atom. The fourth-order valence-corrected chi connectivity index (χ4v) is 3.60. The molecule has 0 bridgehead atoms. The van der Waals surface area contributed by atoms with E-state index in [2.05, 4.69) is 17.1 Å². The molecule has 1 aliphatic heterocycles. The molecule has 0 unspecified atom stereocenters. The van der Waals surface area contributed by atoms with E-state index in [0.717, 1.165) is 41.7 Å². The number of hydrogen-bond acceptors (Lipinski definition) is 5. The Hall–Kier alpha value is -1.60. The number of ether oxygens (including phenoxy) is 1. The van der Waals surface area contributed by atoms with Crippen LogP contribution in [-0.4, -0.2) is 46.0 Å². The van der Waals surface area contributed by atoms with Gasteiger partial charge in [0.05, 0.1) is 5.75 Å². The summed E-state index contributed by atoms with van der Waals surface area (Å²) in [6.45, 7) is 7.67. The van der Waals surface area contributed by atoms with Crippen LogP contribution in [0.15, 0.2) is 24.3 Å². The predicted octanol–water partition coefficient (Wildman–Crippen LogP) is 3.62. The van der Waals surface area contributed by atoms with Crippen LogP contribution < -0.4 is 5.32 Å². The molecule has 7 heteroatoms. The number of aryl methyl sites for hydroxylation is 1. The minimum atomic E-state index is -0.853. The number of thiocarbonyl (C=S) groups is 1. The molecule has 1 amide bonds. The van der Waals surface area contributed by atoms with Crippen LogP contribution in [0.25, 0.3) is 0 Å². The number of nitrogens with one attached hydrogen (secondary N) is 1. The first-order valence-electron chi connectivity index (χ1n) is 8.84. The number of amides is 1. The molecule has 0 spiro atoms. The van der Waals surface area contributed by atoms with Crippen LogP contribution in [0.4, 0.5) is 5.69 Å². The maximum Gasteiger partial charge on any atom is 0.317 e. The molecular formula is C19H26N2O3S2. The van der Waals surface area contributed by atoms with E-state index in [9.17, 15) is 9.59 Å². The van der Waals surface area contributed by atoms with Gasteiger partial charge in [-0.1, -0.05) is 48.6 Å². The van der Waals surface area contributed by atoms with Crippen LogP contribution in [-0.2, 0) is 14.3 Å². The van der Waals surface area contributed by atoms with Crippen molar-refractivity contribution in [3.05, 3.63) is 29.8 Å². The summed E-state index contributed by atoms with van der Waals surface area (Å²) in [5, 5.41) is 2.74. The van der Waals surface area contributed by atoms with Gasteiger partial charge in [0.15, 0.2) is 6.10 Å². The summed E-state index contributed by atoms with van der Waals surface area (Å²) in [4.78, 5) is 26.3. The zero-order chi connectivity index (χ0) is 19.1. The fourth-order valence-electron chi connectivity index (χ4n) is 2.57. The second kappa shape index (κ2) is 9.92. The number of likely N-dealkylation sites (tertiary alicyclic amines) is 1. The number of thioether (sulfide) groups is 1. The van der Waals surface area contributed by atoms with Crippen molar-refractivity contribution >= 4 is 45.9 Å². The van der Waals surface area contributed by atoms with Gasteiger partial charge in [-0.3, -0.25) is 9.59 Å². The number of rotatable bonds is 5. The van der Waals surface area contributed by atoms with Crippen molar-refractivity contribution < 1.29 is 14.3 Å². The lowest BCUT2D eigenvalue weighted by molar-refractivity contribution is -0.150. The van der Waals surface area contributed by atoms with E-state index >= 15 is 0 Å². The molecule has 1 saturated heterocycles. The SMILES string of the molecule is Cc1ccc(NC(=O)[C@H](C)OC(=O)CSC(=S)N2CCC(C)CC2)cc1. The fraction of sp³-hybridized carbons (Fsp3) is 0.526. The highest BCUT2D eigenvalue weighted by atomic mass is 32.2. The summed E-state index contributed by atoms with van der Waals surface area (Å²) < 4.78 is 5.94. The lowest BCUT2D eigenvalue weighted by Crippen LogP contribution is -2.36. The number of esters is 1. The number of piperidine rings is 1. The van der Waals surface area contributed by atoms with Gasteiger partial charge in [0.1, 0.15) is 4.32 Å². The first-order chi connectivity index (χ1) is 12.3. The van der Waals surface area contributed by atoms with Crippen LogP contribution in [0.1, 0.15) is 32.3 Å². The Labute approximate surface area is 164 Å². The second-order valence-corrected chi connectivity index (χ2v) is 8.32. The Balaban J connectivity index is 1.71. The van der Waals surface area contributed by atoms with E-state index in [1.54, 1.807) is 6.92 Å². The number of carbonyl (C=O) groups excluding carboxylic acids is 2. The topological polar surface area (TPSA) is 58.6 Å². The third-order valence-corrected chi connectivity index (χ3v) is 5.85. The first kappa shape index (κ1) is 20.7. The van der Waals surface area contributed by atoms with Crippen molar-refractivity contribution in [2.24, 2.45) is 5.92 Å². The summed E-state index contributed by atoms with van der Waals surface area (Å²) in [6.07, 6.45) is 1.40. The molecule has 1 aromatic carbocycles. The number of carbonyl (C=O) groups is 2. The van der Waals surface area contributed by atoms with Gasteiger partial charge in [-0.05, 0) is 44.7 Å². The highest BCUT2D eigenvalue weighted by Gasteiger charge is 2.21. The minimum Gasteiger partial charge on any atom is -0.452 e. The Bertz CT molecular complexity index is 641. The molecule has 0 saturated carbocycles. The summed E-state index contributed by atoms with van der Waals surface area (Å²) in [5.74, 6) is 0.0681. The number of nitrogens with zero attached hydrogens (tertiary/aromatic N) is 1. The summed E-state index contributed by atoms with van der Waals surface area (Å²) in [6, 6.07) is 7.45. The Kier molecular flexibility index (Phi) is 7.90. The van der Waals surface area contributed by atoms with Crippen molar-refractivity contribution in [1.82, 2.24) is 4.90 Å². The van der Waals surface area contributed by atoms with Crippen molar-refractivity contribution in [2.75, 3.05) is 24.2 Å². The third kappa shape index (κ3) is 6.61. The van der Waals surface area contributed by atoms with E-state index in [4.69, 9.17) is 17.0 Å². The van der Waals surface area contributed by atoms with Gasteiger partial charge in [-0.15, -0.1) is 0 Å².